The minimum atomic E-state index is -0.257. The van der Waals surface area contributed by atoms with Gasteiger partial charge in [-0.25, -0.2) is 0 Å². The molecule has 1 saturated heterocycles. The van der Waals surface area contributed by atoms with Gasteiger partial charge in [0.2, 0.25) is 0 Å². The van der Waals surface area contributed by atoms with Gasteiger partial charge < -0.3 is 20.4 Å². The van der Waals surface area contributed by atoms with E-state index < -0.39 is 0 Å². The lowest BCUT2D eigenvalue weighted by Gasteiger charge is -2.34. The molecule has 2 amide bonds. The molecule has 0 bridgehead atoms. The number of carbonyl (C=O) groups is 2. The molecule has 1 aliphatic rings. The Hall–Kier alpha value is -3.40. The Morgan fingerprint density at radius 2 is 1.74 bits per heavy atom. The van der Waals surface area contributed by atoms with Gasteiger partial charge in [0.1, 0.15) is 0 Å². The number of nitrogens with zero attached hydrogens (tertiary/aromatic N) is 3. The first-order valence-corrected chi connectivity index (χ1v) is 12.5. The second kappa shape index (κ2) is 10.1. The zero-order valence-electron chi connectivity index (χ0n) is 19.2. The lowest BCUT2D eigenvalue weighted by molar-refractivity contribution is 0.0950. The summed E-state index contributed by atoms with van der Waals surface area (Å²) in [5, 5.41) is 13.6. The molecule has 0 atom stereocenters. The van der Waals surface area contributed by atoms with Crippen molar-refractivity contribution in [2.75, 3.05) is 43.4 Å². The number of carbonyl (C=O) groups excluding carboxylic acids is 2. The first kappa shape index (κ1) is 23.3. The van der Waals surface area contributed by atoms with E-state index in [0.29, 0.717) is 33.2 Å². The lowest BCUT2D eigenvalue weighted by atomic mass is 10.1. The summed E-state index contributed by atoms with van der Waals surface area (Å²) in [5.74, 6) is -0.0880. The van der Waals surface area contributed by atoms with Crippen molar-refractivity contribution in [1.82, 2.24) is 20.4 Å². The van der Waals surface area contributed by atoms with Crippen LogP contribution in [0.3, 0.4) is 0 Å². The molecule has 4 aromatic rings. The Bertz CT molecular complexity index is 1360. The van der Waals surface area contributed by atoms with Gasteiger partial charge in [-0.1, -0.05) is 11.6 Å². The van der Waals surface area contributed by atoms with Crippen molar-refractivity contribution < 1.29 is 9.59 Å². The monoisotopic (exact) mass is 508 g/mol. The van der Waals surface area contributed by atoms with E-state index in [1.54, 1.807) is 24.3 Å². The number of likely N-dealkylation sites (N-methyl/N-ethyl adjacent to an activating group) is 1. The summed E-state index contributed by atoms with van der Waals surface area (Å²) in [6.45, 7) is 4.39. The Labute approximate surface area is 211 Å². The number of aromatic amines is 1. The van der Waals surface area contributed by atoms with E-state index in [9.17, 15) is 9.59 Å². The van der Waals surface area contributed by atoms with Crippen LogP contribution >= 0.6 is 22.9 Å². The second-order valence-electron chi connectivity index (χ2n) is 8.51. The summed E-state index contributed by atoms with van der Waals surface area (Å²) in [6.07, 6.45) is 0. The molecule has 0 saturated carbocycles. The van der Waals surface area contributed by atoms with Crippen LogP contribution in [-0.4, -0.2) is 60.1 Å². The number of halogens is 1. The third-order valence-electron chi connectivity index (χ3n) is 6.11. The van der Waals surface area contributed by atoms with Crippen LogP contribution in [0, 0.1) is 0 Å². The summed E-state index contributed by atoms with van der Waals surface area (Å²) >= 11 is 7.38. The van der Waals surface area contributed by atoms with Crippen LogP contribution in [0.4, 0.5) is 11.5 Å². The molecule has 8 nitrogen and oxygen atoms in total. The maximum Gasteiger partial charge on any atom is 0.256 e. The highest BCUT2D eigenvalue weighted by Gasteiger charge is 2.17. The smallest absolute Gasteiger partial charge is 0.256 e. The number of hydrogen-bond donors (Lipinski definition) is 3. The Kier molecular flexibility index (Phi) is 6.72. The second-order valence-corrected chi connectivity index (χ2v) is 10.3. The first-order chi connectivity index (χ1) is 17.0. The van der Waals surface area contributed by atoms with E-state index >= 15 is 0 Å². The average Bonchev–Trinajstić information content (AvgIpc) is 3.48. The highest BCUT2D eigenvalue weighted by atomic mass is 35.5. The first-order valence-electron chi connectivity index (χ1n) is 11.3. The van der Waals surface area contributed by atoms with Gasteiger partial charge >= 0.3 is 0 Å². The fourth-order valence-electron chi connectivity index (χ4n) is 4.03. The van der Waals surface area contributed by atoms with Gasteiger partial charge in [0.15, 0.2) is 5.82 Å². The highest BCUT2D eigenvalue weighted by Crippen LogP contribution is 2.24. The number of hydrogen-bond acceptors (Lipinski definition) is 6. The van der Waals surface area contributed by atoms with Crippen LogP contribution < -0.4 is 15.5 Å². The van der Waals surface area contributed by atoms with Crippen molar-refractivity contribution >= 4 is 57.2 Å². The van der Waals surface area contributed by atoms with E-state index in [-0.39, 0.29) is 11.8 Å². The predicted octanol–water partition coefficient (Wildman–Crippen LogP) is 4.21. The molecule has 3 heterocycles. The number of piperazine rings is 1. The van der Waals surface area contributed by atoms with Crippen LogP contribution in [0.2, 0.25) is 4.34 Å². The molecule has 0 radical (unpaired) electrons. The zero-order chi connectivity index (χ0) is 24.4. The number of nitrogens with one attached hydrogen (secondary N) is 3. The van der Waals surface area contributed by atoms with Crippen LogP contribution in [0.1, 0.15) is 25.6 Å². The van der Waals surface area contributed by atoms with E-state index in [1.807, 2.05) is 30.3 Å². The number of fused-ring (bicyclic) bond motifs is 1. The van der Waals surface area contributed by atoms with E-state index in [4.69, 9.17) is 11.6 Å². The molecule has 10 heteroatoms. The standard InChI is InChI=1S/C25H25ClN6O2S/c1-31-10-12-32(13-11-31)18-5-2-16(3-6-18)25(34)28-23-20-14-17(4-8-21(20)29-30-23)24(33)27-15-19-7-9-22(26)35-19/h2-9,14H,10-13,15H2,1H3,(H,27,33)(H2,28,29,30,34). The molecule has 1 aliphatic heterocycles. The van der Waals surface area contributed by atoms with Gasteiger partial charge in [-0.15, -0.1) is 11.3 Å². The Balaban J connectivity index is 1.26. The Morgan fingerprint density at radius 1 is 1.00 bits per heavy atom. The van der Waals surface area contributed by atoms with E-state index in [0.717, 1.165) is 42.3 Å². The Morgan fingerprint density at radius 3 is 2.46 bits per heavy atom. The maximum atomic E-state index is 12.9. The predicted molar refractivity (Wildman–Crippen MR) is 141 cm³/mol. The normalized spacial score (nSPS) is 14.3. The lowest BCUT2D eigenvalue weighted by Crippen LogP contribution is -2.44. The zero-order valence-corrected chi connectivity index (χ0v) is 20.7. The molecule has 3 N–H and O–H groups in total. The third kappa shape index (κ3) is 5.32. The maximum absolute atomic E-state index is 12.9. The summed E-state index contributed by atoms with van der Waals surface area (Å²) in [4.78, 5) is 31.2. The van der Waals surface area contributed by atoms with E-state index in [2.05, 4.69) is 37.7 Å². The van der Waals surface area contributed by atoms with Crippen LogP contribution in [0.15, 0.2) is 54.6 Å². The van der Waals surface area contributed by atoms with Gasteiger partial charge in [-0.3, -0.25) is 14.7 Å². The SMILES string of the molecule is CN1CCN(c2ccc(C(=O)Nc3n[nH]c4ccc(C(=O)NCc5ccc(Cl)s5)cc34)cc2)CC1. The van der Waals surface area contributed by atoms with Gasteiger partial charge in [0.05, 0.1) is 16.4 Å². The third-order valence-corrected chi connectivity index (χ3v) is 7.34. The molecule has 35 heavy (non-hydrogen) atoms. The summed E-state index contributed by atoms with van der Waals surface area (Å²) < 4.78 is 0.684. The van der Waals surface area contributed by atoms with E-state index in [1.165, 1.54) is 11.3 Å². The van der Waals surface area contributed by atoms with Crippen LogP contribution in [0.5, 0.6) is 0 Å². The molecular weight excluding hydrogens is 484 g/mol. The number of H-pyrrole nitrogens is 1. The molecule has 0 unspecified atom stereocenters. The van der Waals surface area contributed by atoms with Gasteiger partial charge in [0, 0.05) is 53.3 Å². The minimum Gasteiger partial charge on any atom is -0.369 e. The van der Waals surface area contributed by atoms with Crippen molar-refractivity contribution in [1.29, 1.82) is 0 Å². The number of thiophene rings is 1. The fourth-order valence-corrected chi connectivity index (χ4v) is 5.06. The summed E-state index contributed by atoms with van der Waals surface area (Å²) in [5.41, 5.74) is 2.86. The van der Waals surface area contributed by atoms with Gasteiger partial charge in [-0.05, 0) is 61.6 Å². The molecule has 0 spiro atoms. The number of rotatable bonds is 6. The molecule has 180 valence electrons. The van der Waals surface area contributed by atoms with Crippen molar-refractivity contribution in [2.24, 2.45) is 0 Å². The van der Waals surface area contributed by atoms with Crippen molar-refractivity contribution in [3.8, 4) is 0 Å². The number of benzene rings is 2. The molecular formula is C25H25ClN6O2S. The molecule has 2 aromatic carbocycles. The van der Waals surface area contributed by atoms with Crippen molar-refractivity contribution in [3.05, 3.63) is 74.9 Å². The molecule has 5 rings (SSSR count). The van der Waals surface area contributed by atoms with Crippen molar-refractivity contribution in [3.63, 3.8) is 0 Å². The fraction of sp³-hybridized carbons (Fsp3) is 0.240. The van der Waals surface area contributed by atoms with Crippen molar-refractivity contribution in [2.45, 2.75) is 6.54 Å². The number of aromatic nitrogens is 2. The topological polar surface area (TPSA) is 93.4 Å². The number of amides is 2. The van der Waals surface area contributed by atoms with Gasteiger partial charge in [-0.2, -0.15) is 5.10 Å². The molecule has 2 aromatic heterocycles. The average molecular weight is 509 g/mol. The molecule has 1 fully saturated rings. The van der Waals surface area contributed by atoms with Crippen LogP contribution in [-0.2, 0) is 6.54 Å². The number of anilines is 2. The summed E-state index contributed by atoms with van der Waals surface area (Å²) in [7, 11) is 2.13. The van der Waals surface area contributed by atoms with Crippen LogP contribution in [0.25, 0.3) is 10.9 Å². The van der Waals surface area contributed by atoms with Gasteiger partial charge in [0.25, 0.3) is 11.8 Å². The largest absolute Gasteiger partial charge is 0.369 e. The summed E-state index contributed by atoms with van der Waals surface area (Å²) in [6, 6.07) is 16.5. The molecule has 0 aliphatic carbocycles. The quantitative estimate of drug-likeness (QED) is 0.363. The highest BCUT2D eigenvalue weighted by molar-refractivity contribution is 7.16. The minimum absolute atomic E-state index is 0.214.